The van der Waals surface area contributed by atoms with Crippen LogP contribution in [0.1, 0.15) is 23.2 Å². The fraction of sp³-hybridized carbons (Fsp3) is 0.120. The topological polar surface area (TPSA) is 86.5 Å². The van der Waals surface area contributed by atoms with E-state index in [0.29, 0.717) is 51.4 Å². The van der Waals surface area contributed by atoms with Crippen molar-refractivity contribution in [1.29, 1.82) is 0 Å². The summed E-state index contributed by atoms with van der Waals surface area (Å²) in [7, 11) is 0. The summed E-state index contributed by atoms with van der Waals surface area (Å²) in [5.74, 6) is -0.368. The number of benzene rings is 3. The molecule has 39 heavy (non-hydrogen) atoms. The number of rotatable bonds is 6. The second-order valence-electron chi connectivity index (χ2n) is 7.60. The normalized spacial score (nSPS) is 10.8. The van der Waals surface area contributed by atoms with Crippen LogP contribution in [0.5, 0.6) is 0 Å². The van der Waals surface area contributed by atoms with Crippen molar-refractivity contribution in [2.75, 3.05) is 6.61 Å². The van der Waals surface area contributed by atoms with Crippen LogP contribution in [-0.2, 0) is 4.74 Å². The number of halogens is 8. The number of ether oxygens (including phenoxy) is 1. The summed E-state index contributed by atoms with van der Waals surface area (Å²) in [5.41, 5.74) is 1.57. The minimum absolute atomic E-state index is 0. The maximum absolute atomic E-state index is 13.5. The molecule has 2 aromatic carbocycles. The van der Waals surface area contributed by atoms with Crippen LogP contribution in [0.3, 0.4) is 0 Å². The van der Waals surface area contributed by atoms with Gasteiger partial charge in [-0.15, -0.1) is 12.6 Å². The van der Waals surface area contributed by atoms with E-state index in [0.717, 1.165) is 3.57 Å². The number of carbonyl (C=O) groups excluding carboxylic acids is 1. The van der Waals surface area contributed by atoms with Crippen LogP contribution in [0.4, 0.5) is 0 Å². The minimum Gasteiger partial charge on any atom is -0.870 e. The third-order valence-corrected chi connectivity index (χ3v) is 10.2. The molecule has 1 aliphatic carbocycles. The Morgan fingerprint density at radius 2 is 1.67 bits per heavy atom. The first-order chi connectivity index (χ1) is 17.5. The van der Waals surface area contributed by atoms with Crippen LogP contribution >= 0.6 is 137 Å². The molecule has 0 saturated heterocycles. The van der Waals surface area contributed by atoms with E-state index in [1.165, 1.54) is 0 Å². The van der Waals surface area contributed by atoms with Crippen molar-refractivity contribution < 1.29 is 49.0 Å². The first kappa shape index (κ1) is 36.6. The van der Waals surface area contributed by atoms with Crippen molar-refractivity contribution in [1.82, 2.24) is 0 Å². The summed E-state index contributed by atoms with van der Waals surface area (Å²) in [5, 5.41) is 0.496. The zero-order valence-corrected chi connectivity index (χ0v) is 33.3. The zero-order valence-electron chi connectivity index (χ0n) is 19.7. The smallest absolute Gasteiger partial charge is 0.870 e. The molecule has 0 unspecified atom stereocenters. The predicted octanol–water partition coefficient (Wildman–Crippen LogP) is 7.35. The van der Waals surface area contributed by atoms with Crippen LogP contribution in [-0.4, -0.2) is 18.1 Å². The monoisotopic (exact) mass is 1060 g/mol. The van der Waals surface area contributed by atoms with Gasteiger partial charge in [0.2, 0.25) is 5.43 Å². The number of hydrogen-bond acceptors (Lipinski definition) is 5. The summed E-state index contributed by atoms with van der Waals surface area (Å²) in [6.45, 7) is 3.82. The third-order valence-electron chi connectivity index (χ3n) is 5.33. The third kappa shape index (κ3) is 7.21. The molecule has 0 atom stereocenters. The molecular formula is C25H12Cl4I4NaO5-. The Morgan fingerprint density at radius 1 is 1.03 bits per heavy atom. The van der Waals surface area contributed by atoms with Gasteiger partial charge in [0.25, 0.3) is 0 Å². The number of esters is 1. The van der Waals surface area contributed by atoms with Crippen molar-refractivity contribution >= 4 is 154 Å². The molecule has 0 amide bonds. The molecule has 0 fully saturated rings. The molecule has 0 radical (unpaired) electrons. The van der Waals surface area contributed by atoms with Gasteiger partial charge in [-0.1, -0.05) is 110 Å². The van der Waals surface area contributed by atoms with E-state index in [1.807, 2.05) is 51.2 Å². The SMILES string of the molecule is C=CCCCOC(=O)c1c(Cl)c(Cl)c(Cl)c(Cl)c1-c1c2cc(I)c(=O)c(I)c-2oc2c(I)[c-]c(I)cc12.[Na+].[OH-]. The summed E-state index contributed by atoms with van der Waals surface area (Å²) in [4.78, 5) is 26.3. The average Bonchev–Trinajstić information content (AvgIpc) is 2.85. The number of allylic oxidation sites excluding steroid dienone is 1. The molecule has 1 aliphatic heterocycles. The van der Waals surface area contributed by atoms with Crippen molar-refractivity contribution in [3.05, 3.63) is 81.0 Å². The van der Waals surface area contributed by atoms with Crippen LogP contribution in [0.15, 0.2) is 34.0 Å². The van der Waals surface area contributed by atoms with Gasteiger partial charge >= 0.3 is 35.5 Å². The molecule has 1 N–H and O–H groups in total. The average molecular weight is 1060 g/mol. The van der Waals surface area contributed by atoms with Gasteiger partial charge in [-0.3, -0.25) is 4.79 Å². The first-order valence-corrected chi connectivity index (χ1v) is 16.1. The molecule has 5 nitrogen and oxygen atoms in total. The number of hydrogen-bond donors (Lipinski definition) is 0. The minimum atomic E-state index is -0.705. The Hall–Kier alpha value is 1.38. The summed E-state index contributed by atoms with van der Waals surface area (Å²) < 4.78 is 14.1. The van der Waals surface area contributed by atoms with Gasteiger partial charge in [0.15, 0.2) is 0 Å². The van der Waals surface area contributed by atoms with E-state index in [4.69, 9.17) is 55.6 Å². The van der Waals surface area contributed by atoms with Gasteiger partial charge in [0, 0.05) is 16.7 Å². The Bertz CT molecular complexity index is 1640. The first-order valence-electron chi connectivity index (χ1n) is 10.3. The van der Waals surface area contributed by atoms with Gasteiger partial charge in [-0.05, 0) is 69.7 Å². The second kappa shape index (κ2) is 15.4. The molecule has 1 heterocycles. The zero-order chi connectivity index (χ0) is 27.2. The molecule has 200 valence electrons. The fourth-order valence-electron chi connectivity index (χ4n) is 3.70. The van der Waals surface area contributed by atoms with Crippen LogP contribution in [0.25, 0.3) is 33.4 Å². The Kier molecular flexibility index (Phi) is 14.4. The molecule has 0 spiro atoms. The molecular weight excluding hydrogens is 1050 g/mol. The van der Waals surface area contributed by atoms with E-state index in [1.54, 1.807) is 12.1 Å². The Labute approximate surface area is 320 Å². The molecule has 0 saturated carbocycles. The van der Waals surface area contributed by atoms with Crippen LogP contribution in [0.2, 0.25) is 20.1 Å². The van der Waals surface area contributed by atoms with E-state index >= 15 is 0 Å². The quantitative estimate of drug-likeness (QED) is 0.0232. The van der Waals surface area contributed by atoms with Crippen LogP contribution < -0.4 is 35.0 Å². The molecule has 4 rings (SSSR count). The van der Waals surface area contributed by atoms with Gasteiger partial charge in [-0.2, -0.15) is 6.07 Å². The van der Waals surface area contributed by atoms with E-state index in [9.17, 15) is 9.59 Å². The van der Waals surface area contributed by atoms with Crippen LogP contribution in [0, 0.1) is 20.3 Å². The van der Waals surface area contributed by atoms with Gasteiger partial charge in [0.1, 0.15) is 9.33 Å². The number of unbranched alkanes of at least 4 members (excludes halogenated alkanes) is 1. The van der Waals surface area contributed by atoms with E-state index < -0.39 is 5.97 Å². The van der Waals surface area contributed by atoms with Gasteiger partial charge in [0.05, 0.1) is 35.8 Å². The number of carbonyl (C=O) groups is 1. The fourth-order valence-corrected chi connectivity index (χ4v) is 8.30. The van der Waals surface area contributed by atoms with Crippen molar-refractivity contribution in [3.8, 4) is 22.5 Å². The summed E-state index contributed by atoms with van der Waals surface area (Å²) in [6.07, 6.45) is 3.00. The summed E-state index contributed by atoms with van der Waals surface area (Å²) >= 11 is 34.6. The maximum Gasteiger partial charge on any atom is 1.00 e. The van der Waals surface area contributed by atoms with Gasteiger partial charge < -0.3 is 14.6 Å². The predicted molar refractivity (Wildman–Crippen MR) is 186 cm³/mol. The Morgan fingerprint density at radius 3 is 2.31 bits per heavy atom. The summed E-state index contributed by atoms with van der Waals surface area (Å²) in [6, 6.07) is 6.77. The van der Waals surface area contributed by atoms with Crippen molar-refractivity contribution in [3.63, 3.8) is 0 Å². The largest absolute Gasteiger partial charge is 1.00 e. The van der Waals surface area contributed by atoms with Crippen molar-refractivity contribution in [2.45, 2.75) is 12.8 Å². The Balaban J connectivity index is 0.00000267. The second-order valence-corrected chi connectivity index (χ2v) is 13.6. The van der Waals surface area contributed by atoms with E-state index in [2.05, 4.69) is 57.8 Å². The maximum atomic E-state index is 13.5. The van der Waals surface area contributed by atoms with Gasteiger partial charge in [-0.25, -0.2) is 4.79 Å². The molecule has 2 aromatic rings. The van der Waals surface area contributed by atoms with E-state index in [-0.39, 0.29) is 78.3 Å². The van der Waals surface area contributed by atoms with Crippen molar-refractivity contribution in [2.24, 2.45) is 0 Å². The molecule has 14 heteroatoms. The molecule has 0 aromatic heterocycles. The molecule has 0 bridgehead atoms. The number of fused-ring (bicyclic) bond motifs is 2. The molecule has 2 aliphatic rings. The standard InChI is InChI=1S/C25H11Cl4I4O4.Na.H2O/c1-2-3-4-5-36-25(35)16-15(17(26)19(28)20(29)18(16)27)14-10-6-9(30)7-13(32)23(10)37-24-11(14)8-12(31)22(34)21(24)33;;/h2,6,8H,1,3-5H2;;1H2/q-1;+1;/p-1.